The van der Waals surface area contributed by atoms with Crippen LogP contribution < -0.4 is 0 Å². The van der Waals surface area contributed by atoms with Gasteiger partial charge in [0.1, 0.15) is 0 Å². The van der Waals surface area contributed by atoms with Gasteiger partial charge < -0.3 is 0 Å². The Bertz CT molecular complexity index is 328. The van der Waals surface area contributed by atoms with E-state index in [-0.39, 0.29) is 0 Å². The highest BCUT2D eigenvalue weighted by molar-refractivity contribution is 5.67. The maximum absolute atomic E-state index is 2.26. The van der Waals surface area contributed by atoms with Crippen molar-refractivity contribution in [1.29, 1.82) is 0 Å². The van der Waals surface area contributed by atoms with Crippen LogP contribution in [0, 0.1) is 0 Å². The van der Waals surface area contributed by atoms with Gasteiger partial charge in [0.05, 0.1) is 0 Å². The summed E-state index contributed by atoms with van der Waals surface area (Å²) in [5, 5.41) is 0. The van der Waals surface area contributed by atoms with Crippen LogP contribution in [0.5, 0.6) is 0 Å². The van der Waals surface area contributed by atoms with Crippen molar-refractivity contribution in [3.05, 3.63) is 53.6 Å². The number of allylic oxidation sites excluding steroid dienone is 4. The normalized spacial score (nSPS) is 11.8. The molecule has 0 aliphatic carbocycles. The van der Waals surface area contributed by atoms with E-state index in [0.29, 0.717) is 0 Å². The lowest BCUT2D eigenvalue weighted by Crippen LogP contribution is -1.82. The average molecular weight is 216 g/mol. The van der Waals surface area contributed by atoms with Gasteiger partial charge in [-0.05, 0) is 31.4 Å². The summed E-state index contributed by atoms with van der Waals surface area (Å²) in [6, 6.07) is 10.6. The van der Waals surface area contributed by atoms with E-state index in [9.17, 15) is 0 Å². The van der Waals surface area contributed by atoms with Crippen LogP contribution in [0.25, 0.3) is 5.57 Å². The zero-order valence-corrected chi connectivity index (χ0v) is 11.2. The molecule has 0 atom stereocenters. The van der Waals surface area contributed by atoms with Crippen molar-refractivity contribution in [2.45, 2.75) is 41.0 Å². The fourth-order valence-electron chi connectivity index (χ4n) is 1.40. The van der Waals surface area contributed by atoms with Gasteiger partial charge in [-0.25, -0.2) is 0 Å². The summed E-state index contributed by atoms with van der Waals surface area (Å²) in [5.41, 5.74) is 4.06. The number of benzene rings is 1. The Kier molecular flexibility index (Phi) is 8.24. The Labute approximate surface area is 101 Å². The fraction of sp³-hybridized carbons (Fsp3) is 0.375. The predicted octanol–water partition coefficient (Wildman–Crippen LogP) is 5.47. The predicted molar refractivity (Wildman–Crippen MR) is 75.5 cm³/mol. The second-order valence-electron chi connectivity index (χ2n) is 3.42. The van der Waals surface area contributed by atoms with Crippen molar-refractivity contribution in [1.82, 2.24) is 0 Å². The maximum atomic E-state index is 2.26. The molecule has 1 aromatic rings. The van der Waals surface area contributed by atoms with Gasteiger partial charge in [0.2, 0.25) is 0 Å². The van der Waals surface area contributed by atoms with Gasteiger partial charge in [0.25, 0.3) is 0 Å². The van der Waals surface area contributed by atoms with Crippen molar-refractivity contribution in [2.75, 3.05) is 0 Å². The molecule has 0 amide bonds. The maximum Gasteiger partial charge on any atom is -0.0225 e. The Morgan fingerprint density at radius 2 is 1.69 bits per heavy atom. The van der Waals surface area contributed by atoms with Crippen LogP contribution in [0.3, 0.4) is 0 Å². The Morgan fingerprint density at radius 1 is 1.12 bits per heavy atom. The molecule has 0 aliphatic heterocycles. The zero-order valence-electron chi connectivity index (χ0n) is 11.2. The van der Waals surface area contributed by atoms with Crippen LogP contribution in [0.15, 0.2) is 48.1 Å². The van der Waals surface area contributed by atoms with E-state index < -0.39 is 0 Å². The molecule has 0 fully saturated rings. The molecule has 0 N–H and O–H groups in total. The second-order valence-corrected chi connectivity index (χ2v) is 3.42. The fourth-order valence-corrected chi connectivity index (χ4v) is 1.40. The molecular weight excluding hydrogens is 192 g/mol. The molecule has 1 rings (SSSR count). The highest BCUT2D eigenvalue weighted by atomic mass is 14.0. The molecule has 0 heterocycles. The van der Waals surface area contributed by atoms with Crippen molar-refractivity contribution in [3.8, 4) is 0 Å². The first-order valence-corrected chi connectivity index (χ1v) is 6.16. The first-order valence-electron chi connectivity index (χ1n) is 6.16. The standard InChI is InChI=1S/C14H18.C2H6/c1-4-12(3)11-13(5-2)14-9-7-6-8-10-14;1-2/h4,6-11H,5H2,1-3H3;1-2H3/b12-4-,13-11+;. The third-order valence-corrected chi connectivity index (χ3v) is 2.38. The van der Waals surface area contributed by atoms with Crippen molar-refractivity contribution in [3.63, 3.8) is 0 Å². The summed E-state index contributed by atoms with van der Waals surface area (Å²) < 4.78 is 0. The van der Waals surface area contributed by atoms with Gasteiger partial charge in [0, 0.05) is 0 Å². The van der Waals surface area contributed by atoms with Crippen LogP contribution in [0.4, 0.5) is 0 Å². The lowest BCUT2D eigenvalue weighted by molar-refractivity contribution is 1.23. The molecule has 0 spiro atoms. The quantitative estimate of drug-likeness (QED) is 0.587. The highest BCUT2D eigenvalue weighted by Crippen LogP contribution is 2.19. The average Bonchev–Trinajstić information content (AvgIpc) is 2.39. The second kappa shape index (κ2) is 8.96. The molecular formula is C16H24. The van der Waals surface area contributed by atoms with Crippen molar-refractivity contribution in [2.24, 2.45) is 0 Å². The van der Waals surface area contributed by atoms with Gasteiger partial charge in [0.15, 0.2) is 0 Å². The first-order chi connectivity index (χ1) is 7.77. The minimum absolute atomic E-state index is 1.08. The highest BCUT2D eigenvalue weighted by Gasteiger charge is 1.97. The van der Waals surface area contributed by atoms with Crippen LogP contribution in [-0.4, -0.2) is 0 Å². The van der Waals surface area contributed by atoms with Crippen LogP contribution in [0.1, 0.15) is 46.6 Å². The monoisotopic (exact) mass is 216 g/mol. The number of rotatable bonds is 3. The molecule has 1 aromatic carbocycles. The lowest BCUT2D eigenvalue weighted by Gasteiger charge is -2.04. The van der Waals surface area contributed by atoms with E-state index in [4.69, 9.17) is 0 Å². The summed E-state index contributed by atoms with van der Waals surface area (Å²) in [5.74, 6) is 0. The van der Waals surface area contributed by atoms with E-state index >= 15 is 0 Å². The third kappa shape index (κ3) is 4.97. The first kappa shape index (κ1) is 14.7. The topological polar surface area (TPSA) is 0 Å². The van der Waals surface area contributed by atoms with Gasteiger partial charge >= 0.3 is 0 Å². The minimum atomic E-state index is 1.08. The van der Waals surface area contributed by atoms with Crippen molar-refractivity contribution >= 4 is 5.57 Å². The zero-order chi connectivity index (χ0) is 12.4. The molecule has 0 heteroatoms. The van der Waals surface area contributed by atoms with Gasteiger partial charge in [-0.1, -0.05) is 68.8 Å². The molecule has 0 saturated carbocycles. The Morgan fingerprint density at radius 3 is 2.12 bits per heavy atom. The summed E-state index contributed by atoms with van der Waals surface area (Å²) in [4.78, 5) is 0. The molecule has 0 aliphatic rings. The summed E-state index contributed by atoms with van der Waals surface area (Å²) in [7, 11) is 0. The van der Waals surface area contributed by atoms with Crippen LogP contribution in [-0.2, 0) is 0 Å². The van der Waals surface area contributed by atoms with Gasteiger partial charge in [-0.2, -0.15) is 0 Å². The SMILES string of the molecule is C/C=C(C)\C=C(/CC)c1ccccc1.CC. The molecule has 0 saturated heterocycles. The van der Waals surface area contributed by atoms with E-state index in [1.165, 1.54) is 16.7 Å². The largest absolute Gasteiger partial charge is 0.0847 e. The smallest absolute Gasteiger partial charge is 0.0225 e. The molecule has 0 unspecified atom stereocenters. The van der Waals surface area contributed by atoms with Gasteiger partial charge in [-0.3, -0.25) is 0 Å². The minimum Gasteiger partial charge on any atom is -0.0847 e. The molecule has 0 bridgehead atoms. The molecule has 0 radical (unpaired) electrons. The van der Waals surface area contributed by atoms with Gasteiger partial charge in [-0.15, -0.1) is 0 Å². The molecule has 88 valence electrons. The van der Waals surface area contributed by atoms with E-state index in [1.54, 1.807) is 0 Å². The Balaban J connectivity index is 0.00000106. The summed E-state index contributed by atoms with van der Waals surface area (Å²) in [6.45, 7) is 10.4. The Hall–Kier alpha value is -1.30. The van der Waals surface area contributed by atoms with E-state index in [0.717, 1.165) is 6.42 Å². The summed E-state index contributed by atoms with van der Waals surface area (Å²) in [6.07, 6.45) is 5.48. The molecule has 0 aromatic heterocycles. The van der Waals surface area contributed by atoms with Crippen LogP contribution >= 0.6 is 0 Å². The number of hydrogen-bond donors (Lipinski definition) is 0. The van der Waals surface area contributed by atoms with E-state index in [2.05, 4.69) is 63.3 Å². The third-order valence-electron chi connectivity index (χ3n) is 2.38. The molecule has 16 heavy (non-hydrogen) atoms. The van der Waals surface area contributed by atoms with E-state index in [1.807, 2.05) is 13.8 Å². The van der Waals surface area contributed by atoms with Crippen LogP contribution in [0.2, 0.25) is 0 Å². The van der Waals surface area contributed by atoms with Crippen molar-refractivity contribution < 1.29 is 0 Å². The molecule has 0 nitrogen and oxygen atoms in total. The summed E-state index contributed by atoms with van der Waals surface area (Å²) >= 11 is 0. The number of hydrogen-bond acceptors (Lipinski definition) is 0. The lowest BCUT2D eigenvalue weighted by atomic mass is 10.0.